The van der Waals surface area contributed by atoms with Crippen LogP contribution in [0.15, 0.2) is 47.5 Å². The normalized spacial score (nSPS) is 11.8. The summed E-state index contributed by atoms with van der Waals surface area (Å²) in [5.41, 5.74) is 1.64. The molecule has 0 aliphatic carbocycles. The van der Waals surface area contributed by atoms with Crippen LogP contribution >= 0.6 is 11.6 Å². The Labute approximate surface area is 206 Å². The molecule has 2 rings (SSSR count). The molecule has 0 bridgehead atoms. The van der Waals surface area contributed by atoms with E-state index in [0.29, 0.717) is 11.3 Å². The van der Waals surface area contributed by atoms with Crippen molar-refractivity contribution < 1.29 is 22.6 Å². The number of nitrogens with zero attached hydrogens (tertiary/aromatic N) is 1. The van der Waals surface area contributed by atoms with Crippen molar-refractivity contribution in [1.82, 2.24) is 0 Å². The summed E-state index contributed by atoms with van der Waals surface area (Å²) in [5, 5.41) is -0.118. The Morgan fingerprint density at radius 1 is 0.853 bits per heavy atom. The van der Waals surface area contributed by atoms with Gasteiger partial charge in [-0.1, -0.05) is 82.4 Å². The second-order valence-electron chi connectivity index (χ2n) is 8.39. The fourth-order valence-corrected chi connectivity index (χ4v) is 3.76. The highest BCUT2D eigenvalue weighted by atomic mass is 35.5. The zero-order chi connectivity index (χ0) is 24.7. The van der Waals surface area contributed by atoms with Crippen LogP contribution in [0.25, 0.3) is 0 Å². The van der Waals surface area contributed by atoms with E-state index in [0.717, 1.165) is 18.5 Å². The zero-order valence-electron chi connectivity index (χ0n) is 19.9. The Hall–Kier alpha value is -2.21. The molecule has 0 aromatic heterocycles. The van der Waals surface area contributed by atoms with Crippen LogP contribution in [0.3, 0.4) is 0 Å². The number of ether oxygens (including phenoxy) is 2. The number of alkyl halides is 3. The van der Waals surface area contributed by atoms with E-state index in [1.165, 1.54) is 76.0 Å². The summed E-state index contributed by atoms with van der Waals surface area (Å²) in [6, 6.07) is 11.6. The monoisotopic (exact) mass is 497 g/mol. The molecule has 0 unspecified atom stereocenters. The van der Waals surface area contributed by atoms with Crippen LogP contribution in [-0.2, 0) is 6.61 Å². The standard InChI is InChI=1S/C27H35ClF3NO2/c1-2-3-4-5-6-7-8-9-10-11-18-32-20-22-12-15-24(16-13-22)33-21-23-14-17-26(25(28)19-23)34-27(29,30)31/h12-17,19-20H,2-11,18,21H2,1H3/b32-20+. The summed E-state index contributed by atoms with van der Waals surface area (Å²) in [6.45, 7) is 3.26. The van der Waals surface area contributed by atoms with Gasteiger partial charge in [0.2, 0.25) is 0 Å². The van der Waals surface area contributed by atoms with E-state index < -0.39 is 12.1 Å². The second kappa shape index (κ2) is 15.6. The van der Waals surface area contributed by atoms with Gasteiger partial charge >= 0.3 is 6.36 Å². The Morgan fingerprint density at radius 2 is 1.47 bits per heavy atom. The topological polar surface area (TPSA) is 30.8 Å². The molecule has 188 valence electrons. The Bertz CT molecular complexity index is 854. The van der Waals surface area contributed by atoms with Gasteiger partial charge < -0.3 is 9.47 Å². The largest absolute Gasteiger partial charge is 0.573 e. The van der Waals surface area contributed by atoms with Crippen LogP contribution in [-0.4, -0.2) is 19.1 Å². The molecule has 0 aliphatic heterocycles. The molecule has 0 spiro atoms. The third-order valence-corrected chi connectivity index (χ3v) is 5.68. The highest BCUT2D eigenvalue weighted by Crippen LogP contribution is 2.31. The van der Waals surface area contributed by atoms with Gasteiger partial charge in [-0.2, -0.15) is 0 Å². The molecule has 0 heterocycles. The first-order valence-corrected chi connectivity index (χ1v) is 12.5. The van der Waals surface area contributed by atoms with E-state index in [1.54, 1.807) is 0 Å². The fourth-order valence-electron chi connectivity index (χ4n) is 3.52. The maximum atomic E-state index is 12.3. The van der Waals surface area contributed by atoms with E-state index in [-0.39, 0.29) is 11.6 Å². The van der Waals surface area contributed by atoms with Gasteiger partial charge in [0, 0.05) is 12.8 Å². The summed E-state index contributed by atoms with van der Waals surface area (Å²) in [6.07, 6.45) is 10.2. The minimum Gasteiger partial charge on any atom is -0.489 e. The van der Waals surface area contributed by atoms with Crippen LogP contribution < -0.4 is 9.47 Å². The van der Waals surface area contributed by atoms with Gasteiger partial charge in [-0.3, -0.25) is 4.99 Å². The maximum absolute atomic E-state index is 12.3. The van der Waals surface area contributed by atoms with E-state index in [9.17, 15) is 13.2 Å². The molecule has 2 aromatic carbocycles. The Morgan fingerprint density at radius 3 is 2.06 bits per heavy atom. The van der Waals surface area contributed by atoms with E-state index >= 15 is 0 Å². The third kappa shape index (κ3) is 12.3. The molecule has 3 nitrogen and oxygen atoms in total. The first-order chi connectivity index (χ1) is 16.4. The van der Waals surface area contributed by atoms with Crippen molar-refractivity contribution in [3.05, 3.63) is 58.6 Å². The van der Waals surface area contributed by atoms with Crippen LogP contribution in [0.2, 0.25) is 5.02 Å². The van der Waals surface area contributed by atoms with Crippen LogP contribution in [0, 0.1) is 0 Å². The number of hydrogen-bond donors (Lipinski definition) is 0. The predicted octanol–water partition coefficient (Wildman–Crippen LogP) is 9.16. The molecular weight excluding hydrogens is 463 g/mol. The van der Waals surface area contributed by atoms with Crippen molar-refractivity contribution in [2.24, 2.45) is 4.99 Å². The van der Waals surface area contributed by atoms with Gasteiger partial charge in [0.25, 0.3) is 0 Å². The molecule has 0 amide bonds. The smallest absolute Gasteiger partial charge is 0.489 e. The lowest BCUT2D eigenvalue weighted by atomic mass is 10.1. The van der Waals surface area contributed by atoms with Gasteiger partial charge in [-0.05, 0) is 53.9 Å². The van der Waals surface area contributed by atoms with Crippen molar-refractivity contribution in [3.8, 4) is 11.5 Å². The van der Waals surface area contributed by atoms with Crippen molar-refractivity contribution in [1.29, 1.82) is 0 Å². The lowest BCUT2D eigenvalue weighted by Gasteiger charge is -2.12. The molecule has 0 saturated heterocycles. The SMILES string of the molecule is CCCCCCCCCCCC/N=C/c1ccc(OCc2ccc(OC(F)(F)F)c(Cl)c2)cc1. The van der Waals surface area contributed by atoms with E-state index in [4.69, 9.17) is 16.3 Å². The molecule has 0 saturated carbocycles. The molecule has 0 atom stereocenters. The van der Waals surface area contributed by atoms with Crippen LogP contribution in [0.1, 0.15) is 82.3 Å². The predicted molar refractivity (Wildman–Crippen MR) is 133 cm³/mol. The van der Waals surface area contributed by atoms with E-state index in [2.05, 4.69) is 16.7 Å². The average Bonchev–Trinajstić information content (AvgIpc) is 2.80. The first kappa shape index (κ1) is 28.0. The number of halogens is 4. The summed E-state index contributed by atoms with van der Waals surface area (Å²) >= 11 is 5.87. The van der Waals surface area contributed by atoms with Crippen molar-refractivity contribution in [2.45, 2.75) is 84.1 Å². The third-order valence-electron chi connectivity index (χ3n) is 5.39. The lowest BCUT2D eigenvalue weighted by Crippen LogP contribution is -2.17. The summed E-state index contributed by atoms with van der Waals surface area (Å²) in [7, 11) is 0. The Balaban J connectivity index is 1.62. The molecule has 0 aliphatic rings. The minimum absolute atomic E-state index is 0.118. The van der Waals surface area contributed by atoms with Crippen LogP contribution in [0.5, 0.6) is 11.5 Å². The lowest BCUT2D eigenvalue weighted by molar-refractivity contribution is -0.274. The average molecular weight is 498 g/mol. The molecular formula is C27H35ClF3NO2. The molecule has 2 aromatic rings. The number of aliphatic imine (C=N–C) groups is 1. The zero-order valence-corrected chi connectivity index (χ0v) is 20.6. The quantitative estimate of drug-likeness (QED) is 0.171. The summed E-state index contributed by atoms with van der Waals surface area (Å²) in [4.78, 5) is 4.50. The molecule has 34 heavy (non-hydrogen) atoms. The highest BCUT2D eigenvalue weighted by molar-refractivity contribution is 6.32. The van der Waals surface area contributed by atoms with Gasteiger partial charge in [0.05, 0.1) is 5.02 Å². The van der Waals surface area contributed by atoms with Crippen molar-refractivity contribution in [2.75, 3.05) is 6.54 Å². The Kier molecular flexibility index (Phi) is 12.9. The second-order valence-corrected chi connectivity index (χ2v) is 8.79. The van der Waals surface area contributed by atoms with Gasteiger partial charge in [0.15, 0.2) is 0 Å². The van der Waals surface area contributed by atoms with Crippen LogP contribution in [0.4, 0.5) is 13.2 Å². The van der Waals surface area contributed by atoms with Gasteiger partial charge in [-0.25, -0.2) is 0 Å². The van der Waals surface area contributed by atoms with Gasteiger partial charge in [-0.15, -0.1) is 13.2 Å². The summed E-state index contributed by atoms with van der Waals surface area (Å²) in [5.74, 6) is 0.220. The number of benzene rings is 2. The van der Waals surface area contributed by atoms with E-state index in [1.807, 2.05) is 30.5 Å². The molecule has 0 N–H and O–H groups in total. The fraction of sp³-hybridized carbons (Fsp3) is 0.519. The molecule has 0 fully saturated rings. The number of hydrogen-bond acceptors (Lipinski definition) is 3. The number of unbranched alkanes of at least 4 members (excludes halogenated alkanes) is 9. The first-order valence-electron chi connectivity index (χ1n) is 12.1. The maximum Gasteiger partial charge on any atom is 0.573 e. The van der Waals surface area contributed by atoms with Gasteiger partial charge in [0.1, 0.15) is 18.1 Å². The van der Waals surface area contributed by atoms with Crippen molar-refractivity contribution in [3.63, 3.8) is 0 Å². The molecule has 0 radical (unpaired) electrons. The summed E-state index contributed by atoms with van der Waals surface area (Å²) < 4.78 is 46.5. The van der Waals surface area contributed by atoms with Crippen molar-refractivity contribution >= 4 is 17.8 Å². The highest BCUT2D eigenvalue weighted by Gasteiger charge is 2.32. The minimum atomic E-state index is -4.78. The number of rotatable bonds is 16. The molecule has 7 heteroatoms.